The van der Waals surface area contributed by atoms with Crippen LogP contribution >= 0.6 is 11.3 Å². The molecule has 0 saturated heterocycles. The maximum atomic E-state index is 12.5. The molecule has 0 bridgehead atoms. The van der Waals surface area contributed by atoms with E-state index in [1.165, 1.54) is 11.3 Å². The zero-order valence-electron chi connectivity index (χ0n) is 14.1. The molecular weight excluding hydrogens is 326 g/mol. The van der Waals surface area contributed by atoms with E-state index in [-0.39, 0.29) is 17.6 Å². The van der Waals surface area contributed by atoms with Crippen LogP contribution in [-0.2, 0) is 19.5 Å². The normalized spacial score (nSPS) is 17.5. The predicted molar refractivity (Wildman–Crippen MR) is 92.2 cm³/mol. The van der Waals surface area contributed by atoms with Gasteiger partial charge in [0.1, 0.15) is 10.7 Å². The van der Waals surface area contributed by atoms with Gasteiger partial charge in [-0.05, 0) is 25.2 Å². The number of aromatic nitrogens is 4. The van der Waals surface area contributed by atoms with E-state index in [0.717, 1.165) is 25.1 Å². The van der Waals surface area contributed by atoms with Crippen LogP contribution in [0.2, 0.25) is 0 Å². The van der Waals surface area contributed by atoms with E-state index in [9.17, 15) is 9.59 Å². The molecule has 0 saturated carbocycles. The van der Waals surface area contributed by atoms with E-state index >= 15 is 0 Å². The number of hydrogen-bond donors (Lipinski definition) is 1. The van der Waals surface area contributed by atoms with Crippen molar-refractivity contribution in [1.82, 2.24) is 24.6 Å². The van der Waals surface area contributed by atoms with Crippen LogP contribution in [0.25, 0.3) is 0 Å². The summed E-state index contributed by atoms with van der Waals surface area (Å²) in [5.74, 6) is 1.29. The van der Waals surface area contributed by atoms with Crippen molar-refractivity contribution < 1.29 is 4.79 Å². The first-order valence-corrected chi connectivity index (χ1v) is 9.28. The van der Waals surface area contributed by atoms with Gasteiger partial charge in [0.25, 0.3) is 5.91 Å². The van der Waals surface area contributed by atoms with Crippen molar-refractivity contribution in [2.75, 3.05) is 0 Å². The smallest absolute Gasteiger partial charge is 0.345 e. The Labute approximate surface area is 144 Å². The topological polar surface area (TPSA) is 81.8 Å². The Bertz CT molecular complexity index is 747. The van der Waals surface area contributed by atoms with Crippen LogP contribution in [0.15, 0.2) is 16.5 Å². The zero-order chi connectivity index (χ0) is 17.1. The highest BCUT2D eigenvalue weighted by molar-refractivity contribution is 7.11. The second-order valence-corrected chi connectivity index (χ2v) is 7.51. The van der Waals surface area contributed by atoms with Crippen LogP contribution in [0.3, 0.4) is 0 Å². The Hall–Kier alpha value is -1.96. The van der Waals surface area contributed by atoms with Crippen LogP contribution in [0.5, 0.6) is 0 Å². The third-order valence-corrected chi connectivity index (χ3v) is 5.10. The molecule has 1 aliphatic heterocycles. The largest absolute Gasteiger partial charge is 0.348 e. The summed E-state index contributed by atoms with van der Waals surface area (Å²) >= 11 is 1.33. The van der Waals surface area contributed by atoms with Gasteiger partial charge in [-0.2, -0.15) is 5.10 Å². The molecule has 0 spiro atoms. The number of nitrogens with zero attached hydrogens (tertiary/aromatic N) is 4. The minimum atomic E-state index is -0.0867. The molecule has 1 N–H and O–H groups in total. The minimum absolute atomic E-state index is 0.0277. The molecule has 1 unspecified atom stereocenters. The number of nitrogens with one attached hydrogen (secondary N) is 1. The number of fused-ring (bicyclic) bond motifs is 1. The number of hydrogen-bond acceptors (Lipinski definition) is 5. The standard InChI is InChI=1S/C16H23N5O2S/c1-11(2)5-8-21-16(23)20-7-6-12(3-4-14(20)19-21)18-15(22)13-9-17-10-24-13/h9-12H,3-8H2,1-2H3,(H,18,22). The Balaban J connectivity index is 1.63. The second-order valence-electron chi connectivity index (χ2n) is 6.62. The average molecular weight is 349 g/mol. The maximum Gasteiger partial charge on any atom is 0.345 e. The summed E-state index contributed by atoms with van der Waals surface area (Å²) in [6.45, 7) is 5.55. The lowest BCUT2D eigenvalue weighted by Gasteiger charge is -2.15. The number of thiazole rings is 1. The van der Waals surface area contributed by atoms with Crippen molar-refractivity contribution in [3.63, 3.8) is 0 Å². The molecule has 0 aliphatic carbocycles. The molecule has 1 atom stereocenters. The van der Waals surface area contributed by atoms with Crippen molar-refractivity contribution in [3.8, 4) is 0 Å². The summed E-state index contributed by atoms with van der Waals surface area (Å²) in [4.78, 5) is 29.2. The van der Waals surface area contributed by atoms with Crippen molar-refractivity contribution in [2.24, 2.45) is 5.92 Å². The maximum absolute atomic E-state index is 12.5. The quantitative estimate of drug-likeness (QED) is 0.890. The van der Waals surface area contributed by atoms with Crippen molar-refractivity contribution in [3.05, 3.63) is 32.9 Å². The third kappa shape index (κ3) is 3.75. The van der Waals surface area contributed by atoms with Crippen LogP contribution in [0.4, 0.5) is 0 Å². The van der Waals surface area contributed by atoms with Gasteiger partial charge in [-0.15, -0.1) is 11.3 Å². The molecule has 3 heterocycles. The van der Waals surface area contributed by atoms with Gasteiger partial charge >= 0.3 is 5.69 Å². The Morgan fingerprint density at radius 2 is 2.29 bits per heavy atom. The molecule has 0 radical (unpaired) electrons. The van der Waals surface area contributed by atoms with E-state index in [2.05, 4.69) is 29.2 Å². The molecule has 2 aromatic heterocycles. The molecule has 8 heteroatoms. The van der Waals surface area contributed by atoms with Gasteiger partial charge in [-0.25, -0.2) is 9.48 Å². The Morgan fingerprint density at radius 1 is 1.46 bits per heavy atom. The molecule has 1 aliphatic rings. The molecule has 2 aromatic rings. The summed E-state index contributed by atoms with van der Waals surface area (Å²) < 4.78 is 3.35. The molecule has 24 heavy (non-hydrogen) atoms. The third-order valence-electron chi connectivity index (χ3n) is 4.33. The zero-order valence-corrected chi connectivity index (χ0v) is 14.9. The van der Waals surface area contributed by atoms with Crippen LogP contribution < -0.4 is 11.0 Å². The first kappa shape index (κ1) is 16.9. The van der Waals surface area contributed by atoms with Gasteiger partial charge in [0.15, 0.2) is 0 Å². The van der Waals surface area contributed by atoms with Crippen LogP contribution in [-0.4, -0.2) is 31.3 Å². The predicted octanol–water partition coefficient (Wildman–Crippen LogP) is 1.68. The molecule has 3 rings (SSSR count). The molecule has 130 valence electrons. The highest BCUT2D eigenvalue weighted by Gasteiger charge is 2.22. The van der Waals surface area contributed by atoms with E-state index < -0.39 is 0 Å². The summed E-state index contributed by atoms with van der Waals surface area (Å²) in [5, 5.41) is 7.53. The van der Waals surface area contributed by atoms with Crippen molar-refractivity contribution in [1.29, 1.82) is 0 Å². The SMILES string of the molecule is CC(C)CCn1nc2n(c1=O)CCC(NC(=O)c1cncs1)CC2. The van der Waals surface area contributed by atoms with Gasteiger partial charge < -0.3 is 5.32 Å². The fourth-order valence-corrected chi connectivity index (χ4v) is 3.41. The lowest BCUT2D eigenvalue weighted by molar-refractivity contribution is 0.0937. The molecular formula is C16H23N5O2S. The lowest BCUT2D eigenvalue weighted by Crippen LogP contribution is -2.35. The summed E-state index contributed by atoms with van der Waals surface area (Å²) in [7, 11) is 0. The number of amides is 1. The average Bonchev–Trinajstić information content (AvgIpc) is 3.12. The van der Waals surface area contributed by atoms with E-state index in [1.807, 2.05) is 0 Å². The molecule has 0 fully saturated rings. The van der Waals surface area contributed by atoms with Crippen LogP contribution in [0.1, 0.15) is 48.6 Å². The number of carbonyl (C=O) groups excluding carboxylic acids is 1. The fraction of sp³-hybridized carbons (Fsp3) is 0.625. The highest BCUT2D eigenvalue weighted by Crippen LogP contribution is 2.14. The van der Waals surface area contributed by atoms with Gasteiger partial charge in [-0.3, -0.25) is 14.3 Å². The van der Waals surface area contributed by atoms with E-state index in [4.69, 9.17) is 0 Å². The van der Waals surface area contributed by atoms with Gasteiger partial charge in [0, 0.05) is 25.6 Å². The number of aryl methyl sites for hydroxylation is 2. The first-order chi connectivity index (χ1) is 11.5. The number of rotatable bonds is 5. The lowest BCUT2D eigenvalue weighted by atomic mass is 10.1. The monoisotopic (exact) mass is 349 g/mol. The van der Waals surface area contributed by atoms with E-state index in [1.54, 1.807) is 21.0 Å². The van der Waals surface area contributed by atoms with E-state index in [0.29, 0.717) is 30.3 Å². The highest BCUT2D eigenvalue weighted by atomic mass is 32.1. The fourth-order valence-electron chi connectivity index (χ4n) is 2.88. The summed E-state index contributed by atoms with van der Waals surface area (Å²) in [6.07, 6.45) is 4.77. The Morgan fingerprint density at radius 3 is 3.00 bits per heavy atom. The molecule has 7 nitrogen and oxygen atoms in total. The second kappa shape index (κ2) is 7.29. The minimum Gasteiger partial charge on any atom is -0.348 e. The Kier molecular flexibility index (Phi) is 5.13. The number of carbonyl (C=O) groups is 1. The first-order valence-electron chi connectivity index (χ1n) is 8.40. The molecule has 1 amide bonds. The van der Waals surface area contributed by atoms with Gasteiger partial charge in [0.2, 0.25) is 0 Å². The molecule has 0 aromatic carbocycles. The summed E-state index contributed by atoms with van der Waals surface area (Å²) in [5.41, 5.74) is 1.62. The van der Waals surface area contributed by atoms with Gasteiger partial charge in [0.05, 0.1) is 11.7 Å². The van der Waals surface area contributed by atoms with Crippen molar-refractivity contribution >= 4 is 17.2 Å². The van der Waals surface area contributed by atoms with Gasteiger partial charge in [-0.1, -0.05) is 13.8 Å². The van der Waals surface area contributed by atoms with Crippen LogP contribution in [0, 0.1) is 5.92 Å². The van der Waals surface area contributed by atoms with Crippen molar-refractivity contribution in [2.45, 2.75) is 58.7 Å². The summed E-state index contributed by atoms with van der Waals surface area (Å²) in [6, 6.07) is 0.0600.